The highest BCUT2D eigenvalue weighted by atomic mass is 35.5. The first-order valence-electron chi connectivity index (χ1n) is 12.1. The van der Waals surface area contributed by atoms with Crippen LogP contribution in [0.4, 0.5) is 14.5 Å². The Morgan fingerprint density at radius 2 is 1.90 bits per heavy atom. The molecule has 14 heteroatoms. The fourth-order valence-corrected chi connectivity index (χ4v) is 5.71. The van der Waals surface area contributed by atoms with Crippen molar-refractivity contribution in [1.29, 1.82) is 0 Å². The SMILES string of the molecule is O=S(Nc1cc(F)c(COC2=C(Cl)CC3N=C(O[C@@H]4CO[C@@H]5C(O)CO[C@@H]54)N=C3N2)c(F)c1)c1ccccc1. The number of hydrogen-bond donors (Lipinski definition) is 3. The minimum atomic E-state index is -1.69. The minimum absolute atomic E-state index is 0.0216. The van der Waals surface area contributed by atoms with E-state index in [1.54, 1.807) is 30.3 Å². The van der Waals surface area contributed by atoms with Crippen molar-refractivity contribution in [2.24, 2.45) is 9.98 Å². The van der Waals surface area contributed by atoms with E-state index in [1.807, 2.05) is 0 Å². The summed E-state index contributed by atoms with van der Waals surface area (Å²) in [5.41, 5.74) is -0.302. The average Bonchev–Trinajstić information content (AvgIpc) is 3.60. The quantitative estimate of drug-likeness (QED) is 0.460. The van der Waals surface area contributed by atoms with Gasteiger partial charge in [-0.15, -0.1) is 0 Å². The molecule has 4 aliphatic heterocycles. The third-order valence-electron chi connectivity index (χ3n) is 6.57. The predicted octanol–water partition coefficient (Wildman–Crippen LogP) is 2.70. The Balaban J connectivity index is 1.07. The summed E-state index contributed by atoms with van der Waals surface area (Å²) >= 11 is 6.37. The highest BCUT2D eigenvalue weighted by molar-refractivity contribution is 7.86. The first-order chi connectivity index (χ1) is 18.9. The molecule has 0 spiro atoms. The number of ether oxygens (including phenoxy) is 4. The lowest BCUT2D eigenvalue weighted by atomic mass is 10.1. The third-order valence-corrected chi connectivity index (χ3v) is 8.01. The lowest BCUT2D eigenvalue weighted by Crippen LogP contribution is -2.37. The molecule has 39 heavy (non-hydrogen) atoms. The van der Waals surface area contributed by atoms with Crippen LogP contribution in [-0.2, 0) is 36.5 Å². The lowest BCUT2D eigenvalue weighted by molar-refractivity contribution is 0.00562. The van der Waals surface area contributed by atoms with Crippen LogP contribution in [0.1, 0.15) is 12.0 Å². The van der Waals surface area contributed by atoms with Crippen molar-refractivity contribution in [2.45, 2.75) is 48.4 Å². The van der Waals surface area contributed by atoms with Gasteiger partial charge in [-0.1, -0.05) is 29.8 Å². The Morgan fingerprint density at radius 3 is 2.67 bits per heavy atom. The Morgan fingerprint density at radius 1 is 1.15 bits per heavy atom. The minimum Gasteiger partial charge on any atom is -0.473 e. The Kier molecular flexibility index (Phi) is 7.25. The van der Waals surface area contributed by atoms with Gasteiger partial charge in [0.25, 0.3) is 0 Å². The van der Waals surface area contributed by atoms with E-state index in [0.717, 1.165) is 12.1 Å². The van der Waals surface area contributed by atoms with Gasteiger partial charge < -0.3 is 34.1 Å². The standard InChI is InChI=1S/C25H23ClF2N4O6S/c26-15-8-18-23(31-25(29-18)38-20-11-36-21-19(33)10-35-22(20)21)30-24(15)37-9-14-16(27)6-12(7-17(14)28)32-39(34)13-4-2-1-3-5-13/h1-7,18-22,32-33H,8-11H2,(H,29,30,31)/t18?,19?,20-,21-,22-,39?/m1/s1. The molecule has 4 heterocycles. The van der Waals surface area contributed by atoms with E-state index in [2.05, 4.69) is 20.0 Å². The molecule has 0 bridgehead atoms. The van der Waals surface area contributed by atoms with Gasteiger partial charge in [0.05, 0.1) is 34.4 Å². The molecule has 0 aliphatic carbocycles. The topological polar surface area (TPSA) is 123 Å². The lowest BCUT2D eigenvalue weighted by Gasteiger charge is -2.22. The highest BCUT2D eigenvalue weighted by Crippen LogP contribution is 2.31. The summed E-state index contributed by atoms with van der Waals surface area (Å²) in [5, 5.41) is 13.1. The number of nitrogens with one attached hydrogen (secondary N) is 2. The first-order valence-corrected chi connectivity index (χ1v) is 13.6. The monoisotopic (exact) mass is 580 g/mol. The fraction of sp³-hybridized carbons (Fsp3) is 0.360. The molecule has 2 aromatic carbocycles. The van der Waals surface area contributed by atoms with Gasteiger partial charge in [0.15, 0.2) is 6.10 Å². The van der Waals surface area contributed by atoms with Crippen molar-refractivity contribution in [2.75, 3.05) is 17.9 Å². The van der Waals surface area contributed by atoms with Crippen LogP contribution in [0, 0.1) is 11.6 Å². The maximum absolute atomic E-state index is 14.8. The Hall–Kier alpha value is -3.10. The van der Waals surface area contributed by atoms with E-state index in [-0.39, 0.29) is 47.8 Å². The molecule has 4 aliphatic rings. The molecule has 6 atom stereocenters. The van der Waals surface area contributed by atoms with E-state index in [9.17, 15) is 18.1 Å². The molecule has 3 unspecified atom stereocenters. The highest BCUT2D eigenvalue weighted by Gasteiger charge is 2.49. The van der Waals surface area contributed by atoms with E-state index >= 15 is 0 Å². The first kappa shape index (κ1) is 26.1. The predicted molar refractivity (Wildman–Crippen MR) is 137 cm³/mol. The number of anilines is 1. The number of rotatable bonds is 7. The second-order valence-corrected chi connectivity index (χ2v) is 10.9. The molecule has 0 amide bonds. The zero-order valence-electron chi connectivity index (χ0n) is 20.2. The van der Waals surface area contributed by atoms with Crippen LogP contribution in [0.2, 0.25) is 0 Å². The maximum Gasteiger partial charge on any atom is 0.314 e. The van der Waals surface area contributed by atoms with Gasteiger partial charge in [-0.05, 0) is 24.3 Å². The molecule has 2 aromatic rings. The van der Waals surface area contributed by atoms with E-state index in [0.29, 0.717) is 10.7 Å². The molecular weight excluding hydrogens is 558 g/mol. The molecule has 0 aromatic heterocycles. The summed E-state index contributed by atoms with van der Waals surface area (Å²) in [6.07, 6.45) is -1.78. The van der Waals surface area contributed by atoms with Crippen LogP contribution in [0.25, 0.3) is 0 Å². The molecule has 0 radical (unpaired) electrons. The molecule has 10 nitrogen and oxygen atoms in total. The number of halogens is 3. The smallest absolute Gasteiger partial charge is 0.314 e. The van der Waals surface area contributed by atoms with Gasteiger partial charge in [-0.2, -0.15) is 4.99 Å². The van der Waals surface area contributed by atoms with Crippen molar-refractivity contribution in [3.05, 3.63) is 70.6 Å². The molecule has 2 saturated heterocycles. The van der Waals surface area contributed by atoms with E-state index in [4.69, 9.17) is 30.5 Å². The number of nitrogens with zero attached hydrogens (tertiary/aromatic N) is 2. The van der Waals surface area contributed by atoms with Crippen LogP contribution < -0.4 is 10.0 Å². The van der Waals surface area contributed by atoms with Crippen molar-refractivity contribution >= 4 is 40.1 Å². The summed E-state index contributed by atoms with van der Waals surface area (Å²) in [6.45, 7) is -0.0495. The summed E-state index contributed by atoms with van der Waals surface area (Å²) in [7, 11) is -1.69. The van der Waals surface area contributed by atoms with E-state index in [1.165, 1.54) is 0 Å². The second kappa shape index (κ2) is 10.8. The normalized spacial score (nSPS) is 28.3. The van der Waals surface area contributed by atoms with Crippen LogP contribution in [0.15, 0.2) is 68.3 Å². The van der Waals surface area contributed by atoms with Crippen LogP contribution >= 0.6 is 11.6 Å². The van der Waals surface area contributed by atoms with Gasteiger partial charge in [0, 0.05) is 6.42 Å². The summed E-state index contributed by atoms with van der Waals surface area (Å²) in [5.74, 6) is -1.24. The number of benzene rings is 2. The average molecular weight is 581 g/mol. The molecule has 3 N–H and O–H groups in total. The summed E-state index contributed by atoms with van der Waals surface area (Å²) < 4.78 is 67.1. The van der Waals surface area contributed by atoms with Crippen molar-refractivity contribution in [3.8, 4) is 0 Å². The molecule has 206 valence electrons. The fourth-order valence-electron chi connectivity index (χ4n) is 4.61. The number of hydrogen-bond acceptors (Lipinski definition) is 9. The molecular formula is C25H23ClF2N4O6S. The number of aliphatic hydroxyl groups is 1. The molecule has 0 saturated carbocycles. The van der Waals surface area contributed by atoms with Gasteiger partial charge >= 0.3 is 6.02 Å². The van der Waals surface area contributed by atoms with Gasteiger partial charge in [-0.25, -0.2) is 18.0 Å². The van der Waals surface area contributed by atoms with Gasteiger partial charge in [0.2, 0.25) is 5.88 Å². The van der Waals surface area contributed by atoms with Crippen molar-refractivity contribution in [3.63, 3.8) is 0 Å². The van der Waals surface area contributed by atoms with Crippen molar-refractivity contribution < 1.29 is 37.0 Å². The largest absolute Gasteiger partial charge is 0.473 e. The number of fused-ring (bicyclic) bond motifs is 2. The molecule has 6 rings (SSSR count). The zero-order valence-corrected chi connectivity index (χ0v) is 21.8. The Labute approximate surface area is 229 Å². The third kappa shape index (κ3) is 5.37. The summed E-state index contributed by atoms with van der Waals surface area (Å²) in [6, 6.07) is 10.2. The zero-order chi connectivity index (χ0) is 27.1. The van der Waals surface area contributed by atoms with Crippen LogP contribution in [0.5, 0.6) is 0 Å². The van der Waals surface area contributed by atoms with Crippen LogP contribution in [0.3, 0.4) is 0 Å². The van der Waals surface area contributed by atoms with Crippen molar-refractivity contribution in [1.82, 2.24) is 5.32 Å². The Bertz CT molecular complexity index is 1370. The van der Waals surface area contributed by atoms with Gasteiger partial charge in [-0.3, -0.25) is 0 Å². The number of amidine groups is 2. The second-order valence-electron chi connectivity index (χ2n) is 9.20. The summed E-state index contributed by atoms with van der Waals surface area (Å²) in [4.78, 5) is 9.23. The number of aliphatic hydroxyl groups excluding tert-OH is 1. The van der Waals surface area contributed by atoms with E-state index < -0.39 is 59.7 Å². The maximum atomic E-state index is 14.8. The van der Waals surface area contributed by atoms with Crippen LogP contribution in [-0.4, -0.2) is 64.8 Å². The van der Waals surface area contributed by atoms with Gasteiger partial charge in [0.1, 0.15) is 59.4 Å². The number of aliphatic imine (C=N–C) groups is 2. The molecule has 2 fully saturated rings.